The summed E-state index contributed by atoms with van der Waals surface area (Å²) in [6, 6.07) is 14.8. The topological polar surface area (TPSA) is 32.8 Å². The van der Waals surface area contributed by atoms with Crippen molar-refractivity contribution >= 4 is 5.91 Å². The zero-order chi connectivity index (χ0) is 19.1. The van der Waals surface area contributed by atoms with Crippen LogP contribution in [-0.2, 0) is 4.74 Å². The summed E-state index contributed by atoms with van der Waals surface area (Å²) in [6.07, 6.45) is 2.60. The highest BCUT2D eigenvalue weighted by atomic mass is 19.1. The number of carbonyl (C=O) groups is 1. The van der Waals surface area contributed by atoms with Gasteiger partial charge in [0.2, 0.25) is 0 Å². The van der Waals surface area contributed by atoms with Crippen LogP contribution in [0.3, 0.4) is 0 Å². The van der Waals surface area contributed by atoms with E-state index in [0.29, 0.717) is 42.4 Å². The molecule has 2 heterocycles. The van der Waals surface area contributed by atoms with E-state index in [2.05, 4.69) is 4.90 Å². The van der Waals surface area contributed by atoms with Gasteiger partial charge in [0.15, 0.2) is 0 Å². The number of rotatable bonds is 3. The number of benzene rings is 2. The first-order valence-corrected chi connectivity index (χ1v) is 10.2. The lowest BCUT2D eigenvalue weighted by Crippen LogP contribution is -2.63. The Hall–Kier alpha value is -2.24. The van der Waals surface area contributed by atoms with Gasteiger partial charge in [-0.25, -0.2) is 4.39 Å². The molecule has 2 aromatic carbocycles. The molecule has 1 aliphatic carbocycles. The molecule has 0 bridgehead atoms. The van der Waals surface area contributed by atoms with Gasteiger partial charge in [-0.3, -0.25) is 9.69 Å². The van der Waals surface area contributed by atoms with E-state index in [1.165, 1.54) is 18.9 Å². The molecule has 0 unspecified atom stereocenters. The minimum absolute atomic E-state index is 0.0213. The number of hydrogen-bond donors (Lipinski definition) is 0. The Labute approximate surface area is 164 Å². The molecule has 0 aromatic heterocycles. The number of carbonyl (C=O) groups excluding carboxylic acids is 1. The number of amides is 1. The van der Waals surface area contributed by atoms with Crippen molar-refractivity contribution in [2.45, 2.75) is 24.9 Å². The summed E-state index contributed by atoms with van der Waals surface area (Å²) in [5.74, 6) is 0.444. The second-order valence-corrected chi connectivity index (χ2v) is 8.11. The second kappa shape index (κ2) is 7.30. The van der Waals surface area contributed by atoms with Gasteiger partial charge in [-0.1, -0.05) is 36.4 Å². The smallest absolute Gasteiger partial charge is 0.254 e. The highest BCUT2D eigenvalue weighted by Crippen LogP contribution is 2.38. The monoisotopic (exact) mass is 380 g/mol. The fourth-order valence-electron chi connectivity index (χ4n) is 4.70. The Morgan fingerprint density at radius 2 is 1.71 bits per heavy atom. The Kier molecular flexibility index (Phi) is 4.65. The molecule has 146 valence electrons. The van der Waals surface area contributed by atoms with E-state index in [0.717, 1.165) is 19.1 Å². The maximum Gasteiger partial charge on any atom is 0.254 e. The van der Waals surface area contributed by atoms with Crippen LogP contribution in [0.1, 0.15) is 23.2 Å². The lowest BCUT2D eigenvalue weighted by molar-refractivity contribution is -0.0816. The predicted octanol–water partition coefficient (Wildman–Crippen LogP) is 3.43. The lowest BCUT2D eigenvalue weighted by Gasteiger charge is -2.48. The molecule has 3 aliphatic rings. The first-order chi connectivity index (χ1) is 13.7. The molecule has 2 atom stereocenters. The third-order valence-electron chi connectivity index (χ3n) is 6.33. The summed E-state index contributed by atoms with van der Waals surface area (Å²) < 4.78 is 20.2. The van der Waals surface area contributed by atoms with Crippen molar-refractivity contribution in [2.75, 3.05) is 32.8 Å². The molecule has 4 nitrogen and oxygen atoms in total. The average molecular weight is 380 g/mol. The van der Waals surface area contributed by atoms with Gasteiger partial charge < -0.3 is 9.64 Å². The van der Waals surface area contributed by atoms with Crippen molar-refractivity contribution in [1.29, 1.82) is 0 Å². The van der Waals surface area contributed by atoms with Crippen molar-refractivity contribution in [2.24, 2.45) is 5.92 Å². The summed E-state index contributed by atoms with van der Waals surface area (Å²) in [6.45, 7) is 3.79. The van der Waals surface area contributed by atoms with E-state index in [1.54, 1.807) is 24.3 Å². The predicted molar refractivity (Wildman–Crippen MR) is 106 cm³/mol. The van der Waals surface area contributed by atoms with E-state index in [-0.39, 0.29) is 17.8 Å². The van der Waals surface area contributed by atoms with Crippen molar-refractivity contribution in [1.82, 2.24) is 9.80 Å². The van der Waals surface area contributed by atoms with Crippen LogP contribution in [0.15, 0.2) is 48.5 Å². The molecule has 1 saturated carbocycles. The zero-order valence-electron chi connectivity index (χ0n) is 15.9. The summed E-state index contributed by atoms with van der Waals surface area (Å²) in [5.41, 5.74) is 1.69. The number of piperazine rings is 1. The summed E-state index contributed by atoms with van der Waals surface area (Å²) in [5, 5.41) is 0. The molecular weight excluding hydrogens is 355 g/mol. The number of halogens is 1. The fourth-order valence-corrected chi connectivity index (χ4v) is 4.70. The van der Waals surface area contributed by atoms with Crippen LogP contribution < -0.4 is 0 Å². The van der Waals surface area contributed by atoms with Crippen LogP contribution in [0.5, 0.6) is 0 Å². The van der Waals surface area contributed by atoms with Crippen molar-refractivity contribution in [3.63, 3.8) is 0 Å². The number of ether oxygens (including phenoxy) is 1. The van der Waals surface area contributed by atoms with Gasteiger partial charge in [0, 0.05) is 36.8 Å². The van der Waals surface area contributed by atoms with Gasteiger partial charge in [-0.15, -0.1) is 0 Å². The molecular formula is C23H25FN2O2. The first kappa shape index (κ1) is 17.8. The fraction of sp³-hybridized carbons (Fsp3) is 0.435. The van der Waals surface area contributed by atoms with Crippen LogP contribution in [0.2, 0.25) is 0 Å². The van der Waals surface area contributed by atoms with Crippen LogP contribution in [0.4, 0.5) is 4.39 Å². The first-order valence-electron chi connectivity index (χ1n) is 10.2. The highest BCUT2D eigenvalue weighted by molar-refractivity contribution is 6.01. The van der Waals surface area contributed by atoms with E-state index >= 15 is 0 Å². The van der Waals surface area contributed by atoms with E-state index in [4.69, 9.17) is 4.74 Å². The molecule has 2 saturated heterocycles. The molecule has 2 aliphatic heterocycles. The minimum atomic E-state index is -0.305. The number of hydrogen-bond acceptors (Lipinski definition) is 3. The molecule has 0 spiro atoms. The normalized spacial score (nSPS) is 25.4. The molecule has 0 N–H and O–H groups in total. The van der Waals surface area contributed by atoms with E-state index in [1.807, 2.05) is 23.1 Å². The standard InChI is InChI=1S/C23H25FN2O2/c24-21-8-4-3-6-19(21)18-5-1-2-7-20(18)23(27)25-11-12-26-17(13-25)14-28-15-22(26)16-9-10-16/h1-8,16-17,22H,9-15H2/t17-,22-/m1/s1. The van der Waals surface area contributed by atoms with Gasteiger partial charge in [-0.05, 0) is 36.5 Å². The molecule has 3 fully saturated rings. The third-order valence-corrected chi connectivity index (χ3v) is 6.33. The Morgan fingerprint density at radius 1 is 0.964 bits per heavy atom. The summed E-state index contributed by atoms with van der Waals surface area (Å²) in [4.78, 5) is 17.8. The highest BCUT2D eigenvalue weighted by Gasteiger charge is 2.43. The van der Waals surface area contributed by atoms with Gasteiger partial charge in [0.25, 0.3) is 5.91 Å². The number of fused-ring (bicyclic) bond motifs is 1. The zero-order valence-corrected chi connectivity index (χ0v) is 15.9. The number of morpholine rings is 1. The molecule has 28 heavy (non-hydrogen) atoms. The van der Waals surface area contributed by atoms with Crippen LogP contribution in [0.25, 0.3) is 11.1 Å². The Bertz CT molecular complexity index is 882. The minimum Gasteiger partial charge on any atom is -0.378 e. The maximum atomic E-state index is 14.4. The van der Waals surface area contributed by atoms with Crippen molar-refractivity contribution < 1.29 is 13.9 Å². The van der Waals surface area contributed by atoms with E-state index < -0.39 is 0 Å². The maximum absolute atomic E-state index is 14.4. The van der Waals surface area contributed by atoms with Crippen molar-refractivity contribution in [3.05, 3.63) is 59.9 Å². The van der Waals surface area contributed by atoms with Gasteiger partial charge in [-0.2, -0.15) is 0 Å². The Balaban J connectivity index is 1.39. The molecule has 0 radical (unpaired) electrons. The van der Waals surface area contributed by atoms with Crippen LogP contribution in [0, 0.1) is 11.7 Å². The molecule has 1 amide bonds. The molecule has 5 heteroatoms. The van der Waals surface area contributed by atoms with E-state index in [9.17, 15) is 9.18 Å². The quantitative estimate of drug-likeness (QED) is 0.818. The van der Waals surface area contributed by atoms with Crippen molar-refractivity contribution in [3.8, 4) is 11.1 Å². The lowest BCUT2D eigenvalue weighted by atomic mass is 9.97. The number of nitrogens with zero attached hydrogens (tertiary/aromatic N) is 2. The summed E-state index contributed by atoms with van der Waals surface area (Å²) in [7, 11) is 0. The van der Waals surface area contributed by atoms with Crippen LogP contribution in [-0.4, -0.2) is 60.6 Å². The Morgan fingerprint density at radius 3 is 2.50 bits per heavy atom. The summed E-state index contributed by atoms with van der Waals surface area (Å²) >= 11 is 0. The second-order valence-electron chi connectivity index (χ2n) is 8.11. The average Bonchev–Trinajstić information content (AvgIpc) is 3.58. The van der Waals surface area contributed by atoms with Crippen LogP contribution >= 0.6 is 0 Å². The largest absolute Gasteiger partial charge is 0.378 e. The van der Waals surface area contributed by atoms with Gasteiger partial charge >= 0.3 is 0 Å². The third kappa shape index (κ3) is 3.23. The van der Waals surface area contributed by atoms with Gasteiger partial charge in [0.05, 0.1) is 19.3 Å². The SMILES string of the molecule is O=C(c1ccccc1-c1ccccc1F)N1CCN2[C@@H](COC[C@@H]2C2CC2)C1. The van der Waals surface area contributed by atoms with Gasteiger partial charge in [0.1, 0.15) is 5.82 Å². The molecule has 5 rings (SSSR count). The molecule has 2 aromatic rings.